The Hall–Kier alpha value is -1.22. The summed E-state index contributed by atoms with van der Waals surface area (Å²) in [5, 5.41) is -1.78. The third-order valence-electron chi connectivity index (χ3n) is 4.68. The number of hydrogen-bond donors (Lipinski definition) is 0. The van der Waals surface area contributed by atoms with Gasteiger partial charge in [-0.15, -0.1) is 0 Å². The summed E-state index contributed by atoms with van der Waals surface area (Å²) >= 11 is 0. The molecule has 1 radical (unpaired) electrons. The predicted octanol–water partition coefficient (Wildman–Crippen LogP) is 4.92. The smallest absolute Gasteiger partial charge is 0.747 e. The van der Waals surface area contributed by atoms with E-state index >= 15 is 0 Å². The molecule has 0 bridgehead atoms. The van der Waals surface area contributed by atoms with Gasteiger partial charge in [-0.2, -0.15) is 0 Å². The summed E-state index contributed by atoms with van der Waals surface area (Å²) in [5.41, 5.74) is 1.20. The number of unbranched alkanes of at least 4 members (excludes halogenated alkanes) is 2. The van der Waals surface area contributed by atoms with Crippen molar-refractivity contribution in [1.82, 2.24) is 0 Å². The minimum atomic E-state index is -4.24. The van der Waals surface area contributed by atoms with Crippen molar-refractivity contribution in [2.75, 3.05) is 0 Å². The van der Waals surface area contributed by atoms with E-state index in [0.717, 1.165) is 25.7 Å². The first-order valence-electron chi connectivity index (χ1n) is 10.1. The van der Waals surface area contributed by atoms with Crippen molar-refractivity contribution in [3.63, 3.8) is 0 Å². The van der Waals surface area contributed by atoms with Crippen molar-refractivity contribution in [2.45, 2.75) is 62.9 Å². The maximum atomic E-state index is 11.1. The zero-order valence-electron chi connectivity index (χ0n) is 17.8. The molecule has 0 aliphatic carbocycles. The van der Waals surface area contributed by atoms with Crippen molar-refractivity contribution >= 4 is 20.2 Å². The van der Waals surface area contributed by atoms with Gasteiger partial charge in [-0.1, -0.05) is 100 Å². The molecule has 0 aromatic heterocycles. The molecular weight excluding hydrogens is 479 g/mol. The SMILES string of the molecule is CCCCC(c1ccccc1)S(=O)(=O)[O-].CCCCC(c1ccccc1)S(=O)(=O)[O-].[Mn+2]. The van der Waals surface area contributed by atoms with Crippen LogP contribution in [0.4, 0.5) is 0 Å². The standard InChI is InChI=1S/2C11H16O3S.Mn/c2*1-2-3-9-11(15(12,13)14)10-7-5-4-6-8-10;/h2*4-8,11H,2-3,9H2,1H3,(H,12,13,14);/q;;+2/p-2. The summed E-state index contributed by atoms with van der Waals surface area (Å²) in [6.07, 6.45) is 4.10. The Morgan fingerprint density at radius 1 is 0.645 bits per heavy atom. The Balaban J connectivity index is 0.000000562. The van der Waals surface area contributed by atoms with Crippen molar-refractivity contribution in [3.8, 4) is 0 Å². The van der Waals surface area contributed by atoms with Crippen LogP contribution in [0.1, 0.15) is 74.0 Å². The molecule has 0 aliphatic heterocycles. The van der Waals surface area contributed by atoms with E-state index < -0.39 is 30.7 Å². The van der Waals surface area contributed by atoms with Gasteiger partial charge >= 0.3 is 17.1 Å². The molecule has 0 fully saturated rings. The Morgan fingerprint density at radius 3 is 1.16 bits per heavy atom. The molecule has 0 amide bonds. The van der Waals surface area contributed by atoms with Crippen LogP contribution in [0.15, 0.2) is 60.7 Å². The molecule has 31 heavy (non-hydrogen) atoms. The maximum Gasteiger partial charge on any atom is 2.00 e. The van der Waals surface area contributed by atoms with E-state index in [-0.39, 0.29) is 17.1 Å². The second kappa shape index (κ2) is 14.8. The van der Waals surface area contributed by atoms with Crippen LogP contribution in [0.2, 0.25) is 0 Å². The third kappa shape index (κ3) is 11.3. The predicted molar refractivity (Wildman–Crippen MR) is 117 cm³/mol. The molecule has 9 heteroatoms. The summed E-state index contributed by atoms with van der Waals surface area (Å²) in [7, 11) is -8.48. The first kappa shape index (κ1) is 29.8. The van der Waals surface area contributed by atoms with Crippen LogP contribution in [0.5, 0.6) is 0 Å². The first-order valence-corrected chi connectivity index (χ1v) is 13.0. The number of hydrogen-bond acceptors (Lipinski definition) is 6. The fraction of sp³-hybridized carbons (Fsp3) is 0.455. The summed E-state index contributed by atoms with van der Waals surface area (Å²) in [5.74, 6) is 0. The molecule has 2 rings (SSSR count). The largest absolute Gasteiger partial charge is 2.00 e. The summed E-state index contributed by atoms with van der Waals surface area (Å²) < 4.78 is 66.5. The summed E-state index contributed by atoms with van der Waals surface area (Å²) in [4.78, 5) is 0. The van der Waals surface area contributed by atoms with Crippen molar-refractivity contribution in [2.24, 2.45) is 0 Å². The van der Waals surface area contributed by atoms with Crippen molar-refractivity contribution in [1.29, 1.82) is 0 Å². The number of rotatable bonds is 10. The van der Waals surface area contributed by atoms with Gasteiger partial charge in [0.05, 0.1) is 10.5 Å². The van der Waals surface area contributed by atoms with Crippen molar-refractivity contribution < 1.29 is 43.0 Å². The van der Waals surface area contributed by atoms with Gasteiger partial charge in [-0.3, -0.25) is 0 Å². The minimum absolute atomic E-state index is 0. The molecule has 6 nitrogen and oxygen atoms in total. The monoisotopic (exact) mass is 509 g/mol. The van der Waals surface area contributed by atoms with Gasteiger partial charge in [0.15, 0.2) is 0 Å². The molecule has 0 spiro atoms. The Labute approximate surface area is 197 Å². The van der Waals surface area contributed by atoms with Crippen LogP contribution in [-0.4, -0.2) is 25.9 Å². The Bertz CT molecular complexity index is 853. The fourth-order valence-electron chi connectivity index (χ4n) is 3.07. The van der Waals surface area contributed by atoms with Gasteiger partial charge in [0.2, 0.25) is 0 Å². The summed E-state index contributed by atoms with van der Waals surface area (Å²) in [6, 6.07) is 17.4. The van der Waals surface area contributed by atoms with Gasteiger partial charge in [-0.05, 0) is 24.0 Å². The van der Waals surface area contributed by atoms with Gasteiger partial charge < -0.3 is 9.11 Å². The third-order valence-corrected chi connectivity index (χ3v) is 7.09. The normalized spacial score (nSPS) is 13.3. The molecule has 0 saturated heterocycles. The van der Waals surface area contributed by atoms with E-state index in [9.17, 15) is 25.9 Å². The summed E-state index contributed by atoms with van der Waals surface area (Å²) in [6.45, 7) is 3.94. The minimum Gasteiger partial charge on any atom is -0.747 e. The Morgan fingerprint density at radius 2 is 0.935 bits per heavy atom. The quantitative estimate of drug-likeness (QED) is 0.332. The van der Waals surface area contributed by atoms with E-state index in [0.29, 0.717) is 24.0 Å². The average Bonchev–Trinajstić information content (AvgIpc) is 2.69. The molecule has 0 aliphatic rings. The van der Waals surface area contributed by atoms with E-state index in [4.69, 9.17) is 0 Å². The second-order valence-corrected chi connectivity index (χ2v) is 10.2. The average molecular weight is 510 g/mol. The topological polar surface area (TPSA) is 114 Å². The molecule has 0 saturated carbocycles. The molecule has 173 valence electrons. The molecule has 2 aromatic rings. The Kier molecular flexibility index (Phi) is 14.2. The van der Waals surface area contributed by atoms with E-state index in [1.807, 2.05) is 13.8 Å². The van der Waals surface area contributed by atoms with E-state index in [2.05, 4.69) is 0 Å². The van der Waals surface area contributed by atoms with Crippen LogP contribution in [-0.2, 0) is 37.3 Å². The molecular formula is C22H30MnO6S2. The van der Waals surface area contributed by atoms with Gasteiger partial charge in [0.25, 0.3) is 0 Å². The van der Waals surface area contributed by atoms with E-state index in [1.54, 1.807) is 60.7 Å². The fourth-order valence-corrected chi connectivity index (χ4v) is 4.96. The van der Waals surface area contributed by atoms with Gasteiger partial charge in [-0.25, -0.2) is 16.8 Å². The van der Waals surface area contributed by atoms with Crippen LogP contribution in [0.3, 0.4) is 0 Å². The van der Waals surface area contributed by atoms with Crippen LogP contribution in [0, 0.1) is 0 Å². The van der Waals surface area contributed by atoms with Crippen molar-refractivity contribution in [3.05, 3.63) is 71.8 Å². The number of benzene rings is 2. The zero-order chi connectivity index (χ0) is 22.6. The molecule has 0 heterocycles. The van der Waals surface area contributed by atoms with Gasteiger partial charge in [0.1, 0.15) is 20.2 Å². The zero-order valence-corrected chi connectivity index (χ0v) is 20.6. The van der Waals surface area contributed by atoms with Crippen LogP contribution in [0.25, 0.3) is 0 Å². The molecule has 2 aromatic carbocycles. The van der Waals surface area contributed by atoms with Crippen LogP contribution >= 0.6 is 0 Å². The van der Waals surface area contributed by atoms with Crippen LogP contribution < -0.4 is 0 Å². The molecule has 0 N–H and O–H groups in total. The van der Waals surface area contributed by atoms with E-state index in [1.165, 1.54) is 0 Å². The molecule has 2 atom stereocenters. The molecule has 2 unspecified atom stereocenters. The maximum absolute atomic E-state index is 11.1. The van der Waals surface area contributed by atoms with Gasteiger partial charge in [0, 0.05) is 0 Å². The second-order valence-electron chi connectivity index (χ2n) is 7.07. The first-order chi connectivity index (χ1) is 14.1.